The van der Waals surface area contributed by atoms with Crippen LogP contribution in [0.25, 0.3) is 0 Å². The summed E-state index contributed by atoms with van der Waals surface area (Å²) in [6.45, 7) is 4.26. The molecule has 0 amide bonds. The normalized spacial score (nSPS) is 17.9. The highest BCUT2D eigenvalue weighted by atomic mass is 16.5. The lowest BCUT2D eigenvalue weighted by molar-refractivity contribution is 0.155. The predicted octanol–water partition coefficient (Wildman–Crippen LogP) is 3.24. The minimum Gasteiger partial charge on any atom is -0.488 e. The van der Waals surface area contributed by atoms with Crippen molar-refractivity contribution in [2.45, 2.75) is 45.8 Å². The number of aromatic nitrogens is 1. The van der Waals surface area contributed by atoms with Gasteiger partial charge in [0.05, 0.1) is 17.4 Å². The van der Waals surface area contributed by atoms with E-state index in [1.165, 1.54) is 0 Å². The minimum atomic E-state index is -0.360. The summed E-state index contributed by atoms with van der Waals surface area (Å²) in [6, 6.07) is 5.90. The van der Waals surface area contributed by atoms with E-state index in [9.17, 15) is 5.11 Å². The highest BCUT2D eigenvalue weighted by Gasteiger charge is 2.21. The van der Waals surface area contributed by atoms with Crippen molar-refractivity contribution < 1.29 is 14.4 Å². The number of ether oxygens (including phenoxy) is 1. The van der Waals surface area contributed by atoms with E-state index in [2.05, 4.69) is 5.16 Å². The molecule has 0 saturated carbocycles. The Bertz CT molecular complexity index is 599. The van der Waals surface area contributed by atoms with Gasteiger partial charge in [-0.25, -0.2) is 0 Å². The number of aliphatic hydroxyl groups is 1. The van der Waals surface area contributed by atoms with Crippen molar-refractivity contribution in [1.29, 1.82) is 0 Å². The number of fused-ring (bicyclic) bond motifs is 1. The summed E-state index contributed by atoms with van der Waals surface area (Å²) in [6.07, 6.45) is 2.44. The Hall–Kier alpha value is -1.81. The van der Waals surface area contributed by atoms with Crippen LogP contribution < -0.4 is 4.74 Å². The zero-order valence-electron chi connectivity index (χ0n) is 11.8. The lowest BCUT2D eigenvalue weighted by atomic mass is 9.89. The van der Waals surface area contributed by atoms with Crippen LogP contribution in [0.4, 0.5) is 0 Å². The average molecular weight is 273 g/mol. The van der Waals surface area contributed by atoms with Crippen LogP contribution >= 0.6 is 0 Å². The van der Waals surface area contributed by atoms with Crippen molar-refractivity contribution in [3.8, 4) is 5.75 Å². The molecule has 0 saturated heterocycles. The quantitative estimate of drug-likeness (QED) is 0.932. The van der Waals surface area contributed by atoms with Gasteiger partial charge >= 0.3 is 0 Å². The fourth-order valence-corrected chi connectivity index (χ4v) is 2.78. The Kier molecular flexibility index (Phi) is 3.49. The van der Waals surface area contributed by atoms with Gasteiger partial charge in [-0.2, -0.15) is 0 Å². The highest BCUT2D eigenvalue weighted by molar-refractivity contribution is 5.43. The van der Waals surface area contributed by atoms with Gasteiger partial charge in [0.15, 0.2) is 0 Å². The molecule has 0 bridgehead atoms. The molecule has 0 spiro atoms. The molecular formula is C16H19NO3. The maximum Gasteiger partial charge on any atom is 0.140 e. The summed E-state index contributed by atoms with van der Waals surface area (Å²) in [7, 11) is 0. The molecule has 2 aromatic rings. The molecule has 4 nitrogen and oxygen atoms in total. The number of hydrogen-bond acceptors (Lipinski definition) is 4. The van der Waals surface area contributed by atoms with Gasteiger partial charge in [-0.1, -0.05) is 17.3 Å². The summed E-state index contributed by atoms with van der Waals surface area (Å²) in [5.41, 5.74) is 4.01. The summed E-state index contributed by atoms with van der Waals surface area (Å²) in [4.78, 5) is 0. The van der Waals surface area contributed by atoms with Gasteiger partial charge in [-0.3, -0.25) is 0 Å². The first kappa shape index (κ1) is 13.2. The molecule has 0 aliphatic heterocycles. The highest BCUT2D eigenvalue weighted by Crippen LogP contribution is 2.35. The van der Waals surface area contributed by atoms with E-state index >= 15 is 0 Å². The van der Waals surface area contributed by atoms with E-state index in [1.54, 1.807) is 0 Å². The lowest BCUT2D eigenvalue weighted by Gasteiger charge is -2.23. The van der Waals surface area contributed by atoms with Crippen LogP contribution in [0.3, 0.4) is 0 Å². The first-order valence-corrected chi connectivity index (χ1v) is 7.01. The van der Waals surface area contributed by atoms with Crippen LogP contribution in [0, 0.1) is 13.8 Å². The molecule has 1 aromatic heterocycles. The number of nitrogens with zero attached hydrogens (tertiary/aromatic N) is 1. The van der Waals surface area contributed by atoms with Crippen LogP contribution in [0.5, 0.6) is 5.75 Å². The number of aryl methyl sites for hydroxylation is 2. The van der Waals surface area contributed by atoms with Gasteiger partial charge in [0.1, 0.15) is 18.1 Å². The molecule has 1 aromatic carbocycles. The van der Waals surface area contributed by atoms with Crippen LogP contribution in [0.2, 0.25) is 0 Å². The van der Waals surface area contributed by atoms with Crippen LogP contribution in [0.1, 0.15) is 47.1 Å². The second-order valence-corrected chi connectivity index (χ2v) is 5.32. The van der Waals surface area contributed by atoms with E-state index in [4.69, 9.17) is 9.26 Å². The minimum absolute atomic E-state index is 0.360. The smallest absolute Gasteiger partial charge is 0.140 e. The largest absolute Gasteiger partial charge is 0.488 e. The van der Waals surface area contributed by atoms with Gasteiger partial charge in [0.25, 0.3) is 0 Å². The maximum atomic E-state index is 10.0. The Morgan fingerprint density at radius 1 is 1.40 bits per heavy atom. The second kappa shape index (κ2) is 5.29. The Labute approximate surface area is 118 Å². The summed E-state index contributed by atoms with van der Waals surface area (Å²) in [5.74, 6) is 1.66. The van der Waals surface area contributed by atoms with E-state index in [0.29, 0.717) is 6.61 Å². The topological polar surface area (TPSA) is 55.5 Å². The number of benzene rings is 1. The molecule has 0 fully saturated rings. The van der Waals surface area contributed by atoms with Crippen molar-refractivity contribution in [3.05, 3.63) is 46.3 Å². The standard InChI is InChI=1S/C16H19NO3/c1-10-14(11(2)20-17-10)9-19-16-8-4-5-12-13(16)6-3-7-15(12)18/h4-5,8,15,18H,3,6-7,9H2,1-2H3. The fraction of sp³-hybridized carbons (Fsp3) is 0.438. The molecule has 1 aliphatic carbocycles. The van der Waals surface area contributed by atoms with Crippen molar-refractivity contribution in [3.63, 3.8) is 0 Å². The van der Waals surface area contributed by atoms with Crippen molar-refractivity contribution in [1.82, 2.24) is 5.16 Å². The van der Waals surface area contributed by atoms with Crippen LogP contribution in [0.15, 0.2) is 22.7 Å². The van der Waals surface area contributed by atoms with E-state index < -0.39 is 0 Å². The van der Waals surface area contributed by atoms with E-state index in [1.807, 2.05) is 32.0 Å². The van der Waals surface area contributed by atoms with E-state index in [0.717, 1.165) is 53.2 Å². The maximum absolute atomic E-state index is 10.0. The van der Waals surface area contributed by atoms with Gasteiger partial charge < -0.3 is 14.4 Å². The first-order valence-electron chi connectivity index (χ1n) is 7.01. The lowest BCUT2D eigenvalue weighted by Crippen LogP contribution is -2.11. The SMILES string of the molecule is Cc1noc(C)c1COc1cccc2c1CCCC2O. The van der Waals surface area contributed by atoms with Crippen LogP contribution in [-0.2, 0) is 13.0 Å². The zero-order chi connectivity index (χ0) is 14.1. The average Bonchev–Trinajstić information content (AvgIpc) is 2.76. The molecule has 1 unspecified atom stereocenters. The molecule has 20 heavy (non-hydrogen) atoms. The third-order valence-corrected chi connectivity index (χ3v) is 3.99. The summed E-state index contributed by atoms with van der Waals surface area (Å²) < 4.78 is 11.1. The second-order valence-electron chi connectivity index (χ2n) is 5.32. The van der Waals surface area contributed by atoms with Gasteiger partial charge in [0, 0.05) is 0 Å². The van der Waals surface area contributed by atoms with E-state index in [-0.39, 0.29) is 6.10 Å². The number of aliphatic hydroxyl groups excluding tert-OH is 1. The van der Waals surface area contributed by atoms with Crippen molar-refractivity contribution >= 4 is 0 Å². The van der Waals surface area contributed by atoms with Crippen molar-refractivity contribution in [2.24, 2.45) is 0 Å². The Morgan fingerprint density at radius 3 is 3.00 bits per heavy atom. The van der Waals surface area contributed by atoms with Gasteiger partial charge in [0.2, 0.25) is 0 Å². The third kappa shape index (κ3) is 2.31. The number of rotatable bonds is 3. The molecule has 1 aliphatic rings. The molecule has 3 rings (SSSR count). The fourth-order valence-electron chi connectivity index (χ4n) is 2.78. The molecule has 1 heterocycles. The monoisotopic (exact) mass is 273 g/mol. The third-order valence-electron chi connectivity index (χ3n) is 3.99. The molecule has 106 valence electrons. The molecule has 1 N–H and O–H groups in total. The van der Waals surface area contributed by atoms with Gasteiger partial charge in [-0.15, -0.1) is 0 Å². The Morgan fingerprint density at radius 2 is 2.25 bits per heavy atom. The molecule has 1 atom stereocenters. The zero-order valence-corrected chi connectivity index (χ0v) is 11.8. The Balaban J connectivity index is 1.83. The van der Waals surface area contributed by atoms with Gasteiger partial charge in [-0.05, 0) is 50.3 Å². The molecule has 0 radical (unpaired) electrons. The summed E-state index contributed by atoms with van der Waals surface area (Å²) >= 11 is 0. The number of hydrogen-bond donors (Lipinski definition) is 1. The first-order chi connectivity index (χ1) is 9.66. The predicted molar refractivity (Wildman–Crippen MR) is 74.6 cm³/mol. The molecular weight excluding hydrogens is 254 g/mol. The molecule has 4 heteroatoms. The van der Waals surface area contributed by atoms with Crippen molar-refractivity contribution in [2.75, 3.05) is 0 Å². The summed E-state index contributed by atoms with van der Waals surface area (Å²) in [5, 5.41) is 14.0. The van der Waals surface area contributed by atoms with Crippen LogP contribution in [-0.4, -0.2) is 10.3 Å².